The molecule has 0 amide bonds. The van der Waals surface area contributed by atoms with Gasteiger partial charge in [0, 0.05) is 0 Å². The van der Waals surface area contributed by atoms with Crippen LogP contribution in [0.2, 0.25) is 0 Å². The fourth-order valence-corrected chi connectivity index (χ4v) is 9.15. The molecular formula is C76H96. The Morgan fingerprint density at radius 2 is 0.645 bits per heavy atom. The van der Waals surface area contributed by atoms with E-state index >= 15 is 0 Å². The number of aryl methyl sites for hydroxylation is 3. The molecule has 8 aromatic carbocycles. The molecule has 0 unspecified atom stereocenters. The Labute approximate surface area is 464 Å². The van der Waals surface area contributed by atoms with Crippen molar-refractivity contribution in [2.75, 3.05) is 0 Å². The molecule has 0 spiro atoms. The summed E-state index contributed by atoms with van der Waals surface area (Å²) in [5.74, 6) is 0.594. The summed E-state index contributed by atoms with van der Waals surface area (Å²) in [4.78, 5) is 0. The second-order valence-electron chi connectivity index (χ2n) is 24.0. The molecule has 0 fully saturated rings. The summed E-state index contributed by atoms with van der Waals surface area (Å²) < 4.78 is 0. The van der Waals surface area contributed by atoms with Gasteiger partial charge in [-0.25, -0.2) is 0 Å². The minimum atomic E-state index is 0.264. The van der Waals surface area contributed by atoms with Crippen molar-refractivity contribution in [3.05, 3.63) is 239 Å². The lowest BCUT2D eigenvalue weighted by atomic mass is 9.81. The van der Waals surface area contributed by atoms with Gasteiger partial charge in [0.05, 0.1) is 0 Å². The predicted octanol–water partition coefficient (Wildman–Crippen LogP) is 22.7. The van der Waals surface area contributed by atoms with Crippen molar-refractivity contribution in [1.29, 1.82) is 0 Å². The first kappa shape index (κ1) is 60.6. The van der Waals surface area contributed by atoms with E-state index < -0.39 is 0 Å². The highest BCUT2D eigenvalue weighted by atomic mass is 14.3. The third-order valence-corrected chi connectivity index (χ3v) is 16.9. The van der Waals surface area contributed by atoms with Crippen molar-refractivity contribution in [3.8, 4) is 44.5 Å². The molecule has 0 nitrogen and oxygen atoms in total. The average Bonchev–Trinajstić information content (AvgIpc) is 3.46. The Morgan fingerprint density at radius 1 is 0.316 bits per heavy atom. The molecule has 0 saturated carbocycles. The average molecular weight is 1010 g/mol. The van der Waals surface area contributed by atoms with Gasteiger partial charge in [0.15, 0.2) is 0 Å². The maximum Gasteiger partial charge on any atom is -0.0106 e. The van der Waals surface area contributed by atoms with Gasteiger partial charge in [-0.05, 0) is 156 Å². The Bertz CT molecular complexity index is 2930. The third-order valence-electron chi connectivity index (χ3n) is 16.9. The molecule has 0 aliphatic rings. The molecule has 8 aromatic rings. The summed E-state index contributed by atoms with van der Waals surface area (Å²) in [5, 5.41) is 0. The van der Waals surface area contributed by atoms with E-state index in [1.807, 2.05) is 0 Å². The van der Waals surface area contributed by atoms with E-state index in [2.05, 4.69) is 312 Å². The van der Waals surface area contributed by atoms with Gasteiger partial charge in [0.1, 0.15) is 0 Å². The van der Waals surface area contributed by atoms with Crippen molar-refractivity contribution in [2.24, 2.45) is 0 Å². The van der Waals surface area contributed by atoms with E-state index in [1.54, 1.807) is 0 Å². The first-order chi connectivity index (χ1) is 36.1. The summed E-state index contributed by atoms with van der Waals surface area (Å²) in [6.45, 7) is 38.4. The number of rotatable bonds is 15. The first-order valence-electron chi connectivity index (χ1n) is 28.9. The molecule has 0 heterocycles. The van der Waals surface area contributed by atoms with Gasteiger partial charge >= 0.3 is 0 Å². The number of hydrogen-bond donors (Lipinski definition) is 0. The highest BCUT2D eigenvalue weighted by Gasteiger charge is 2.21. The van der Waals surface area contributed by atoms with E-state index in [0.717, 1.165) is 38.5 Å². The van der Waals surface area contributed by atoms with Gasteiger partial charge in [-0.15, -0.1) is 0 Å². The molecule has 0 bridgehead atoms. The van der Waals surface area contributed by atoms with Crippen molar-refractivity contribution in [1.82, 2.24) is 0 Å². The molecule has 0 atom stereocenters. The minimum Gasteiger partial charge on any atom is -0.0646 e. The zero-order valence-corrected chi connectivity index (χ0v) is 50.3. The molecule has 0 aliphatic heterocycles. The highest BCUT2D eigenvalue weighted by molar-refractivity contribution is 5.69. The van der Waals surface area contributed by atoms with Gasteiger partial charge in [-0.2, -0.15) is 0 Å². The van der Waals surface area contributed by atoms with E-state index in [-0.39, 0.29) is 21.7 Å². The van der Waals surface area contributed by atoms with Gasteiger partial charge < -0.3 is 0 Å². The van der Waals surface area contributed by atoms with Gasteiger partial charge in [0.25, 0.3) is 0 Å². The van der Waals surface area contributed by atoms with Crippen molar-refractivity contribution in [2.45, 2.75) is 184 Å². The third kappa shape index (κ3) is 16.6. The van der Waals surface area contributed by atoms with Crippen LogP contribution in [-0.2, 0) is 34.5 Å². The van der Waals surface area contributed by atoms with Crippen molar-refractivity contribution >= 4 is 0 Å². The molecule has 0 heteroatoms. The molecule has 8 rings (SSSR count). The van der Waals surface area contributed by atoms with Gasteiger partial charge in [-0.3, -0.25) is 0 Å². The van der Waals surface area contributed by atoms with Crippen LogP contribution in [0.25, 0.3) is 44.5 Å². The molecule has 0 N–H and O–H groups in total. The minimum absolute atomic E-state index is 0.264. The first-order valence-corrected chi connectivity index (χ1v) is 28.9. The Hall–Kier alpha value is -6.24. The highest BCUT2D eigenvalue weighted by Crippen LogP contribution is 2.34. The predicted molar refractivity (Wildman–Crippen MR) is 338 cm³/mol. The van der Waals surface area contributed by atoms with Crippen LogP contribution in [-0.4, -0.2) is 0 Å². The maximum absolute atomic E-state index is 2.31. The number of hydrogen-bond acceptors (Lipinski definition) is 0. The Balaban J connectivity index is 0.000000187. The summed E-state index contributed by atoms with van der Waals surface area (Å²) in [7, 11) is 0. The van der Waals surface area contributed by atoms with Gasteiger partial charge in [-0.1, -0.05) is 310 Å². The molecule has 400 valence electrons. The van der Waals surface area contributed by atoms with E-state index in [0.29, 0.717) is 5.92 Å². The standard InChI is InChI=1S/C20H26.2C19H24.C18H22/c1-6-20(4,5)19-13-11-18(12-14-19)17-9-7-16(8-10-17)15(2)3;1-5-15-8-7-9-17(14-15)16-10-12-18(13-11-16)19(3,4)6-2;1-5-15-9-7-8-10-18(15)16-11-13-17(14-12-16)19(3,4)6-2;1-5-18(3,4)17-12-10-16(11-13-17)15-8-6-14(2)7-9-15/h7-15H,6H2,1-5H3;2*7-14H,5-6H2,1-4H3;6-13H,5H2,1-4H3. The quantitative estimate of drug-likeness (QED) is 0.0960. The summed E-state index contributed by atoms with van der Waals surface area (Å²) in [6.07, 6.45) is 6.83. The molecular weight excluding hydrogens is 913 g/mol. The molecule has 0 aliphatic carbocycles. The van der Waals surface area contributed by atoms with Crippen LogP contribution in [0.15, 0.2) is 194 Å². The second kappa shape index (κ2) is 27.7. The normalized spacial score (nSPS) is 11.7. The molecule has 0 saturated heterocycles. The monoisotopic (exact) mass is 1010 g/mol. The lowest BCUT2D eigenvalue weighted by molar-refractivity contribution is 0.506. The topological polar surface area (TPSA) is 0 Å². The van der Waals surface area contributed by atoms with Crippen molar-refractivity contribution < 1.29 is 0 Å². The smallest absolute Gasteiger partial charge is 0.0106 e. The fourth-order valence-electron chi connectivity index (χ4n) is 9.15. The van der Waals surface area contributed by atoms with Crippen LogP contribution in [0, 0.1) is 6.92 Å². The molecule has 0 radical (unpaired) electrons. The van der Waals surface area contributed by atoms with E-state index in [4.69, 9.17) is 0 Å². The van der Waals surface area contributed by atoms with Crippen molar-refractivity contribution in [3.63, 3.8) is 0 Å². The zero-order valence-electron chi connectivity index (χ0n) is 50.3. The SMILES string of the molecule is CCC(C)(C)c1ccc(-c2ccc(C(C)C)cc2)cc1.CCC(C)(C)c1ccc(-c2ccc(C)cc2)cc1.CCc1cccc(-c2ccc(C(C)(C)CC)cc2)c1.CCc1ccccc1-c1ccc(C(C)(C)CC)cc1. The molecule has 0 aromatic heterocycles. The van der Waals surface area contributed by atoms with E-state index in [9.17, 15) is 0 Å². The van der Waals surface area contributed by atoms with Crippen LogP contribution in [0.5, 0.6) is 0 Å². The lowest BCUT2D eigenvalue weighted by Gasteiger charge is -2.23. The number of benzene rings is 8. The van der Waals surface area contributed by atoms with Crippen LogP contribution < -0.4 is 0 Å². The van der Waals surface area contributed by atoms with E-state index in [1.165, 1.54) is 89.0 Å². The Kier molecular flexibility index (Phi) is 22.1. The van der Waals surface area contributed by atoms with Crippen LogP contribution in [0.4, 0.5) is 0 Å². The Morgan fingerprint density at radius 3 is 0.987 bits per heavy atom. The zero-order chi connectivity index (χ0) is 55.7. The summed E-state index contributed by atoms with van der Waals surface area (Å²) in [5.41, 5.74) is 22.8. The maximum atomic E-state index is 2.31. The summed E-state index contributed by atoms with van der Waals surface area (Å²) in [6, 6.07) is 71.4. The van der Waals surface area contributed by atoms with Crippen LogP contribution >= 0.6 is 0 Å². The lowest BCUT2D eigenvalue weighted by Crippen LogP contribution is -2.14. The van der Waals surface area contributed by atoms with Crippen LogP contribution in [0.3, 0.4) is 0 Å². The fraction of sp³-hybridized carbons (Fsp3) is 0.368. The van der Waals surface area contributed by atoms with Crippen LogP contribution in [0.1, 0.15) is 187 Å². The largest absolute Gasteiger partial charge is 0.0646 e. The molecule has 76 heavy (non-hydrogen) atoms. The summed E-state index contributed by atoms with van der Waals surface area (Å²) >= 11 is 0. The second-order valence-corrected chi connectivity index (χ2v) is 24.0. The van der Waals surface area contributed by atoms with Gasteiger partial charge in [0.2, 0.25) is 0 Å².